The van der Waals surface area contributed by atoms with Gasteiger partial charge in [0.15, 0.2) is 0 Å². The third kappa shape index (κ3) is 4.22. The summed E-state index contributed by atoms with van der Waals surface area (Å²) < 4.78 is 0. The van der Waals surface area contributed by atoms with Crippen LogP contribution in [-0.2, 0) is 4.79 Å². The summed E-state index contributed by atoms with van der Waals surface area (Å²) in [6.07, 6.45) is 6.20. The maximum Gasteiger partial charge on any atom is 0.312 e. The van der Waals surface area contributed by atoms with Crippen LogP contribution < -0.4 is 11.1 Å². The van der Waals surface area contributed by atoms with Crippen molar-refractivity contribution in [3.8, 4) is 0 Å². The molecule has 2 rings (SSSR count). The zero-order chi connectivity index (χ0) is 15.9. The van der Waals surface area contributed by atoms with Crippen LogP contribution in [0.5, 0.6) is 0 Å². The number of nitrogens with zero attached hydrogens (tertiary/aromatic N) is 2. The molecule has 1 aromatic rings. The Morgan fingerprint density at radius 2 is 2.41 bits per heavy atom. The fraction of sp³-hybridized carbons (Fsp3) is 0.667. The first kappa shape index (κ1) is 16.3. The van der Waals surface area contributed by atoms with E-state index in [1.165, 1.54) is 0 Å². The van der Waals surface area contributed by atoms with E-state index >= 15 is 0 Å². The maximum absolute atomic E-state index is 12.7. The van der Waals surface area contributed by atoms with E-state index in [0.29, 0.717) is 13.0 Å². The minimum atomic E-state index is -0.642. The second-order valence-electron chi connectivity index (χ2n) is 5.84. The van der Waals surface area contributed by atoms with Gasteiger partial charge in [0, 0.05) is 30.9 Å². The number of hydrogen-bond acceptors (Lipinski definition) is 3. The number of amides is 3. The summed E-state index contributed by atoms with van der Waals surface area (Å²) in [5, 5.41) is 9.55. The van der Waals surface area contributed by atoms with Crippen molar-refractivity contribution in [3.05, 3.63) is 18.0 Å². The Balaban J connectivity index is 2.00. The predicted molar refractivity (Wildman–Crippen MR) is 83.2 cm³/mol. The number of H-pyrrole nitrogens is 1. The summed E-state index contributed by atoms with van der Waals surface area (Å²) in [5.41, 5.74) is 6.26. The molecule has 0 radical (unpaired) electrons. The minimum Gasteiger partial charge on any atom is -0.352 e. The lowest BCUT2D eigenvalue weighted by atomic mass is 9.94. The van der Waals surface area contributed by atoms with Gasteiger partial charge in [-0.3, -0.25) is 9.89 Å². The van der Waals surface area contributed by atoms with Crippen LogP contribution >= 0.6 is 0 Å². The number of nitrogens with two attached hydrogens (primary N) is 1. The van der Waals surface area contributed by atoms with E-state index in [9.17, 15) is 9.59 Å². The molecule has 0 bridgehead atoms. The molecule has 0 aromatic carbocycles. The quantitative estimate of drug-likeness (QED) is 0.738. The average Bonchev–Trinajstić information content (AvgIpc) is 3.05. The van der Waals surface area contributed by atoms with E-state index in [4.69, 9.17) is 5.73 Å². The molecule has 4 N–H and O–H groups in total. The minimum absolute atomic E-state index is 0.0311. The number of nitrogens with one attached hydrogen (secondary N) is 2. The van der Waals surface area contributed by atoms with Crippen molar-refractivity contribution in [2.75, 3.05) is 13.1 Å². The summed E-state index contributed by atoms with van der Waals surface area (Å²) in [6.45, 7) is 3.44. The first-order valence-corrected chi connectivity index (χ1v) is 7.95. The number of aromatic nitrogens is 2. The maximum atomic E-state index is 12.7. The molecule has 1 fully saturated rings. The highest BCUT2D eigenvalue weighted by molar-refractivity contribution is 5.86. The Kier molecular flexibility index (Phi) is 5.80. The second-order valence-corrected chi connectivity index (χ2v) is 5.84. The molecule has 0 spiro atoms. The summed E-state index contributed by atoms with van der Waals surface area (Å²) in [5.74, 6) is 0.247. The van der Waals surface area contributed by atoms with Gasteiger partial charge >= 0.3 is 6.03 Å². The van der Waals surface area contributed by atoms with Crippen molar-refractivity contribution >= 4 is 11.9 Å². The molecule has 1 aliphatic rings. The fourth-order valence-electron chi connectivity index (χ4n) is 2.98. The van der Waals surface area contributed by atoms with Crippen molar-refractivity contribution in [2.45, 2.75) is 51.0 Å². The van der Waals surface area contributed by atoms with Gasteiger partial charge in [0.1, 0.15) is 6.04 Å². The zero-order valence-electron chi connectivity index (χ0n) is 13.0. The van der Waals surface area contributed by atoms with E-state index in [-0.39, 0.29) is 11.8 Å². The molecule has 0 saturated carbocycles. The Morgan fingerprint density at radius 1 is 1.59 bits per heavy atom. The summed E-state index contributed by atoms with van der Waals surface area (Å²) in [4.78, 5) is 25.7. The normalized spacial score (nSPS) is 19.7. The van der Waals surface area contributed by atoms with Crippen LogP contribution in [0.2, 0.25) is 0 Å². The largest absolute Gasteiger partial charge is 0.352 e. The first-order chi connectivity index (χ1) is 10.6. The molecule has 0 unspecified atom stereocenters. The van der Waals surface area contributed by atoms with Crippen LogP contribution in [0.4, 0.5) is 4.79 Å². The highest BCUT2D eigenvalue weighted by Gasteiger charge is 2.30. The SMILES string of the molecule is CCCC[C@@H](NC(N)=O)C(=O)N1CCC[C@@H](c2ccn[nH]2)C1. The number of primary amides is 1. The number of carbonyl (C=O) groups is 2. The van der Waals surface area contributed by atoms with Crippen molar-refractivity contribution in [3.63, 3.8) is 0 Å². The lowest BCUT2D eigenvalue weighted by molar-refractivity contribution is -0.134. The van der Waals surface area contributed by atoms with Crippen LogP contribution in [0, 0.1) is 0 Å². The predicted octanol–water partition coefficient (Wildman–Crippen LogP) is 1.34. The van der Waals surface area contributed by atoms with Crippen molar-refractivity contribution in [2.24, 2.45) is 5.73 Å². The molecule has 7 nitrogen and oxygen atoms in total. The molecule has 2 atom stereocenters. The Labute approximate surface area is 130 Å². The van der Waals surface area contributed by atoms with Gasteiger partial charge in [0.2, 0.25) is 5.91 Å². The third-order valence-corrected chi connectivity index (χ3v) is 4.16. The number of urea groups is 1. The van der Waals surface area contributed by atoms with E-state index in [1.54, 1.807) is 6.20 Å². The van der Waals surface area contributed by atoms with Gasteiger partial charge in [-0.25, -0.2) is 4.79 Å². The summed E-state index contributed by atoms with van der Waals surface area (Å²) in [7, 11) is 0. The number of unbranched alkanes of at least 4 members (excludes halogenated alkanes) is 1. The Morgan fingerprint density at radius 3 is 3.05 bits per heavy atom. The van der Waals surface area contributed by atoms with E-state index in [2.05, 4.69) is 22.4 Å². The highest BCUT2D eigenvalue weighted by Crippen LogP contribution is 2.25. The van der Waals surface area contributed by atoms with Crippen molar-refractivity contribution in [1.29, 1.82) is 0 Å². The van der Waals surface area contributed by atoms with Crippen molar-refractivity contribution in [1.82, 2.24) is 20.4 Å². The van der Waals surface area contributed by atoms with Gasteiger partial charge < -0.3 is 16.0 Å². The summed E-state index contributed by atoms with van der Waals surface area (Å²) >= 11 is 0. The monoisotopic (exact) mass is 307 g/mol. The lowest BCUT2D eigenvalue weighted by Crippen LogP contribution is -2.52. The highest BCUT2D eigenvalue weighted by atomic mass is 16.2. The molecular weight excluding hydrogens is 282 g/mol. The first-order valence-electron chi connectivity index (χ1n) is 7.95. The smallest absolute Gasteiger partial charge is 0.312 e. The van der Waals surface area contributed by atoms with Gasteiger partial charge in [-0.2, -0.15) is 5.10 Å². The van der Waals surface area contributed by atoms with Crippen LogP contribution in [-0.4, -0.2) is 46.2 Å². The van der Waals surface area contributed by atoms with Crippen LogP contribution in [0.3, 0.4) is 0 Å². The number of aromatic amines is 1. The van der Waals surface area contributed by atoms with Gasteiger partial charge in [-0.15, -0.1) is 0 Å². The molecule has 1 aliphatic heterocycles. The van der Waals surface area contributed by atoms with Gasteiger partial charge in [-0.1, -0.05) is 19.8 Å². The third-order valence-electron chi connectivity index (χ3n) is 4.16. The standard InChI is InChI=1S/C15H25N5O2/c1-2-3-6-13(18-15(16)22)14(21)20-9-4-5-11(10-20)12-7-8-17-19-12/h7-8,11,13H,2-6,9-10H2,1H3,(H,17,19)(H3,16,18,22)/t11-,13-/m1/s1. The molecule has 122 valence electrons. The number of likely N-dealkylation sites (tertiary alicyclic amines) is 1. The average molecular weight is 307 g/mol. The lowest BCUT2D eigenvalue weighted by Gasteiger charge is -2.34. The number of piperidine rings is 1. The van der Waals surface area contributed by atoms with Gasteiger partial charge in [0.05, 0.1) is 0 Å². The number of hydrogen-bond donors (Lipinski definition) is 3. The van der Waals surface area contributed by atoms with Gasteiger partial charge in [-0.05, 0) is 25.3 Å². The summed E-state index contributed by atoms with van der Waals surface area (Å²) in [6, 6.07) is 0.795. The number of rotatable bonds is 6. The molecule has 1 aromatic heterocycles. The van der Waals surface area contributed by atoms with Crippen LogP contribution in [0.1, 0.15) is 50.6 Å². The molecule has 3 amide bonds. The molecule has 0 aliphatic carbocycles. The fourth-order valence-corrected chi connectivity index (χ4v) is 2.98. The van der Waals surface area contributed by atoms with Crippen molar-refractivity contribution < 1.29 is 9.59 Å². The van der Waals surface area contributed by atoms with Crippen LogP contribution in [0.25, 0.3) is 0 Å². The topological polar surface area (TPSA) is 104 Å². The zero-order valence-corrected chi connectivity index (χ0v) is 13.0. The Bertz CT molecular complexity index is 488. The van der Waals surface area contributed by atoms with E-state index < -0.39 is 12.1 Å². The molecular formula is C15H25N5O2. The van der Waals surface area contributed by atoms with Gasteiger partial charge in [0.25, 0.3) is 0 Å². The Hall–Kier alpha value is -2.05. The van der Waals surface area contributed by atoms with E-state index in [0.717, 1.165) is 37.9 Å². The van der Waals surface area contributed by atoms with E-state index in [1.807, 2.05) is 11.0 Å². The number of carbonyl (C=O) groups excluding carboxylic acids is 2. The van der Waals surface area contributed by atoms with Crippen LogP contribution in [0.15, 0.2) is 12.3 Å². The molecule has 7 heteroatoms. The molecule has 2 heterocycles. The molecule has 22 heavy (non-hydrogen) atoms. The second kappa shape index (κ2) is 7.82. The molecule has 1 saturated heterocycles.